The smallest absolute Gasteiger partial charge is 0.271 e. The highest BCUT2D eigenvalue weighted by atomic mass is 35.5. The van der Waals surface area contributed by atoms with Crippen molar-refractivity contribution in [1.29, 1.82) is 0 Å². The fourth-order valence-corrected chi connectivity index (χ4v) is 4.19. The number of aliphatic hydroxyl groups is 1. The van der Waals surface area contributed by atoms with Gasteiger partial charge in [0.05, 0.1) is 0 Å². The number of alkyl halides is 2. The van der Waals surface area contributed by atoms with Crippen molar-refractivity contribution < 1.29 is 18.7 Å². The Balaban J connectivity index is 2.19. The van der Waals surface area contributed by atoms with Gasteiger partial charge in [-0.05, 0) is 30.9 Å². The molecular weight excluding hydrogens is 286 g/mol. The number of rotatable bonds is 1. The first-order valence-electron chi connectivity index (χ1n) is 6.71. The summed E-state index contributed by atoms with van der Waals surface area (Å²) in [4.78, 5) is 11.8. The largest absolute Gasteiger partial charge is 0.379 e. The van der Waals surface area contributed by atoms with Crippen LogP contribution in [0.2, 0.25) is 5.02 Å². The van der Waals surface area contributed by atoms with Crippen molar-refractivity contribution in [3.8, 4) is 0 Å². The third-order valence-electron chi connectivity index (χ3n) is 4.63. The minimum absolute atomic E-state index is 0.0701. The Morgan fingerprint density at radius 3 is 2.75 bits per heavy atom. The van der Waals surface area contributed by atoms with E-state index < -0.39 is 17.4 Å². The first-order valence-corrected chi connectivity index (χ1v) is 7.09. The quantitative estimate of drug-likeness (QED) is 0.861. The molecule has 2 aliphatic rings. The Hall–Kier alpha value is -1.00. The van der Waals surface area contributed by atoms with Gasteiger partial charge < -0.3 is 5.11 Å². The van der Waals surface area contributed by atoms with Crippen LogP contribution in [0.5, 0.6) is 0 Å². The highest BCUT2D eigenvalue weighted by molar-refractivity contribution is 6.31. The lowest BCUT2D eigenvalue weighted by Crippen LogP contribution is -2.37. The Kier molecular flexibility index (Phi) is 3.14. The molecular formula is C15H15ClF2O2. The number of hydrogen-bond acceptors (Lipinski definition) is 2. The maximum absolute atomic E-state index is 13.4. The van der Waals surface area contributed by atoms with E-state index in [1.807, 2.05) is 0 Å². The second kappa shape index (κ2) is 4.50. The van der Waals surface area contributed by atoms with E-state index in [1.165, 1.54) is 6.07 Å². The number of benzene rings is 1. The molecule has 1 N–H and O–H groups in total. The normalized spacial score (nSPS) is 33.0. The Morgan fingerprint density at radius 2 is 2.10 bits per heavy atom. The van der Waals surface area contributed by atoms with Gasteiger partial charge in [0.25, 0.3) is 6.43 Å². The molecule has 0 aromatic heterocycles. The van der Waals surface area contributed by atoms with Gasteiger partial charge in [-0.3, -0.25) is 4.79 Å². The summed E-state index contributed by atoms with van der Waals surface area (Å²) in [5.41, 5.74) is -2.18. The topological polar surface area (TPSA) is 37.3 Å². The number of halogens is 3. The van der Waals surface area contributed by atoms with Crippen LogP contribution in [0.25, 0.3) is 0 Å². The van der Waals surface area contributed by atoms with E-state index in [4.69, 9.17) is 11.6 Å². The molecule has 1 unspecified atom stereocenters. The summed E-state index contributed by atoms with van der Waals surface area (Å²) in [7, 11) is 0. The summed E-state index contributed by atoms with van der Waals surface area (Å²) in [6, 6.07) is 4.93. The van der Waals surface area contributed by atoms with Crippen LogP contribution >= 0.6 is 11.6 Å². The maximum atomic E-state index is 13.4. The van der Waals surface area contributed by atoms with E-state index in [9.17, 15) is 18.7 Å². The molecule has 1 aromatic rings. The molecule has 2 atom stereocenters. The zero-order valence-electron chi connectivity index (χ0n) is 10.8. The van der Waals surface area contributed by atoms with Crippen molar-refractivity contribution in [2.75, 3.05) is 0 Å². The van der Waals surface area contributed by atoms with Gasteiger partial charge in [0, 0.05) is 28.8 Å². The highest BCUT2D eigenvalue weighted by Gasteiger charge is 2.57. The highest BCUT2D eigenvalue weighted by Crippen LogP contribution is 2.57. The van der Waals surface area contributed by atoms with E-state index in [2.05, 4.69) is 0 Å². The molecule has 1 aromatic carbocycles. The minimum atomic E-state index is -2.92. The molecule has 1 spiro atoms. The van der Waals surface area contributed by atoms with Crippen LogP contribution in [0.3, 0.4) is 0 Å². The monoisotopic (exact) mass is 300 g/mol. The standard InChI is InChI=1S/C15H15ClF2O2/c16-11-5-1-4-10-12(11)15(20,13(17)18)8-14(10)6-2-3-9(19)7-14/h1,4-5,13,20H,2-3,6-8H2/t14-,15?/m0/s1. The van der Waals surface area contributed by atoms with Gasteiger partial charge in [0.1, 0.15) is 5.78 Å². The van der Waals surface area contributed by atoms with Crippen molar-refractivity contribution in [3.63, 3.8) is 0 Å². The Morgan fingerprint density at radius 1 is 1.35 bits per heavy atom. The van der Waals surface area contributed by atoms with Crippen LogP contribution < -0.4 is 0 Å². The van der Waals surface area contributed by atoms with Gasteiger partial charge in [-0.2, -0.15) is 0 Å². The zero-order chi connectivity index (χ0) is 14.5. The predicted octanol–water partition coefficient (Wildman–Crippen LogP) is 3.58. The predicted molar refractivity (Wildman–Crippen MR) is 71.1 cm³/mol. The number of fused-ring (bicyclic) bond motifs is 2. The molecule has 0 aliphatic heterocycles. The second-order valence-electron chi connectivity index (χ2n) is 5.91. The SMILES string of the molecule is O=C1CCC[C@]2(C1)CC(O)(C(F)F)c1c(Cl)cccc12. The first kappa shape index (κ1) is 14.0. The molecule has 2 nitrogen and oxygen atoms in total. The lowest BCUT2D eigenvalue weighted by atomic mass is 9.69. The van der Waals surface area contributed by atoms with Gasteiger partial charge in [0.15, 0.2) is 5.60 Å². The molecule has 20 heavy (non-hydrogen) atoms. The van der Waals surface area contributed by atoms with E-state index >= 15 is 0 Å². The molecule has 0 radical (unpaired) electrons. The van der Waals surface area contributed by atoms with Crippen LogP contribution in [0, 0.1) is 0 Å². The third kappa shape index (κ3) is 1.81. The van der Waals surface area contributed by atoms with Crippen LogP contribution in [0.4, 0.5) is 8.78 Å². The summed E-state index contributed by atoms with van der Waals surface area (Å²) >= 11 is 6.06. The fraction of sp³-hybridized carbons (Fsp3) is 0.533. The van der Waals surface area contributed by atoms with Gasteiger partial charge in [0.2, 0.25) is 0 Å². The molecule has 0 amide bonds. The molecule has 0 saturated heterocycles. The maximum Gasteiger partial charge on any atom is 0.271 e. The summed E-state index contributed by atoms with van der Waals surface area (Å²) in [6.45, 7) is 0. The van der Waals surface area contributed by atoms with Crippen molar-refractivity contribution in [2.45, 2.75) is 49.5 Å². The fourth-order valence-electron chi connectivity index (χ4n) is 3.85. The third-order valence-corrected chi connectivity index (χ3v) is 4.95. The first-order chi connectivity index (χ1) is 9.39. The molecule has 0 bridgehead atoms. The second-order valence-corrected chi connectivity index (χ2v) is 6.32. The molecule has 108 valence electrons. The molecule has 5 heteroatoms. The van der Waals surface area contributed by atoms with Crippen LogP contribution in [0.15, 0.2) is 18.2 Å². The summed E-state index contributed by atoms with van der Waals surface area (Å²) < 4.78 is 26.8. The molecule has 2 aliphatic carbocycles. The molecule has 3 rings (SSSR count). The van der Waals surface area contributed by atoms with Gasteiger partial charge in [-0.1, -0.05) is 23.7 Å². The van der Waals surface area contributed by atoms with Crippen LogP contribution in [-0.4, -0.2) is 17.3 Å². The van der Waals surface area contributed by atoms with E-state index in [1.54, 1.807) is 12.1 Å². The molecule has 1 fully saturated rings. The zero-order valence-corrected chi connectivity index (χ0v) is 11.6. The lowest BCUT2D eigenvalue weighted by molar-refractivity contribution is -0.127. The lowest BCUT2D eigenvalue weighted by Gasteiger charge is -2.34. The van der Waals surface area contributed by atoms with Crippen molar-refractivity contribution in [2.24, 2.45) is 0 Å². The average Bonchev–Trinajstić information content (AvgIpc) is 2.61. The van der Waals surface area contributed by atoms with E-state index in [0.29, 0.717) is 24.8 Å². The van der Waals surface area contributed by atoms with Gasteiger partial charge in [-0.25, -0.2) is 8.78 Å². The Labute approximate surface area is 120 Å². The number of carbonyl (C=O) groups is 1. The number of ketones is 1. The van der Waals surface area contributed by atoms with Gasteiger partial charge in [-0.15, -0.1) is 0 Å². The molecule has 1 saturated carbocycles. The van der Waals surface area contributed by atoms with E-state index in [0.717, 1.165) is 0 Å². The van der Waals surface area contributed by atoms with Crippen molar-refractivity contribution >= 4 is 17.4 Å². The number of Topliss-reactive ketones (excluding diaryl/α,β-unsaturated/α-hetero) is 1. The summed E-state index contributed by atoms with van der Waals surface area (Å²) in [5, 5.41) is 10.6. The summed E-state index contributed by atoms with van der Waals surface area (Å²) in [6.07, 6.45) is -1.02. The Bertz CT molecular complexity index is 575. The van der Waals surface area contributed by atoms with Gasteiger partial charge >= 0.3 is 0 Å². The molecule has 0 heterocycles. The van der Waals surface area contributed by atoms with E-state index in [-0.39, 0.29) is 29.2 Å². The van der Waals surface area contributed by atoms with Crippen molar-refractivity contribution in [1.82, 2.24) is 0 Å². The van der Waals surface area contributed by atoms with Crippen LogP contribution in [0.1, 0.15) is 43.2 Å². The number of hydrogen-bond donors (Lipinski definition) is 1. The minimum Gasteiger partial charge on any atom is -0.379 e. The number of carbonyl (C=O) groups excluding carboxylic acids is 1. The summed E-state index contributed by atoms with van der Waals surface area (Å²) in [5.74, 6) is 0.0701. The van der Waals surface area contributed by atoms with Crippen LogP contribution in [-0.2, 0) is 15.8 Å². The van der Waals surface area contributed by atoms with Crippen molar-refractivity contribution in [3.05, 3.63) is 34.3 Å². The average molecular weight is 301 g/mol.